The van der Waals surface area contributed by atoms with Crippen LogP contribution >= 0.6 is 0 Å². The van der Waals surface area contributed by atoms with Crippen LogP contribution in [0.3, 0.4) is 0 Å². The Kier molecular flexibility index (Phi) is 35.8. The van der Waals surface area contributed by atoms with Crippen LogP contribution in [-0.2, 0) is 178 Å². The Bertz CT molecular complexity index is 6790. The molecule has 46 nitrogen and oxygen atoms in total. The SMILES string of the molecule is CC[C@@]1(O)C(=O)OCc2c1cc1n(c2=O)Cc2c-1nc1cc(F)c(C)c3c1c2[C@@H](NC(=O)COCNC(=O)CNC(=O)[C@H](Cc1ccccc1)NC(=O)CNC(=O)CNC(=O)CCOCCOCCN(CCOCCOCC(C=O)NCC(=O)NCC(=O)N[C@@H](Cc1ccccc1)C(=O)NCC(=O)NCOCC(=O)N[C@H]1CCc2c(C)c(F)cc4nc5c(c1c24)Cn1c-5cc2c(c1=O)COC(=O)[C@]2(O)CC)N1C(=O)C=CC1=O)CC3. The molecule has 5 aliphatic heterocycles. The average Bonchev–Trinajstić information content (AvgIpc) is 1.54. The maximum atomic E-state index is 15.5. The van der Waals surface area contributed by atoms with E-state index in [1.807, 2.05) is 0 Å². The summed E-state index contributed by atoms with van der Waals surface area (Å²) in [7, 11) is 0. The number of rotatable bonds is 52. The quantitative estimate of drug-likeness (QED) is 0.00661. The van der Waals surface area contributed by atoms with Crippen LogP contribution < -0.4 is 74.9 Å². The number of aldehydes is 1. The number of carbonyl (C=O) groups excluding carboxylic acids is 16. The fraction of sp³-hybridized carbons (Fsp3) is 0.431. The van der Waals surface area contributed by atoms with E-state index in [-0.39, 0.29) is 158 Å². The first-order chi connectivity index (χ1) is 72.2. The highest BCUT2D eigenvalue weighted by Crippen LogP contribution is 2.49. The average molecular weight is 2080 g/mol. The summed E-state index contributed by atoms with van der Waals surface area (Å²) in [5.41, 5.74) is 2.98. The highest BCUT2D eigenvalue weighted by molar-refractivity contribution is 6.12. The van der Waals surface area contributed by atoms with Crippen LogP contribution in [0.15, 0.2) is 107 Å². The smallest absolute Gasteiger partial charge is 0.343 e. The summed E-state index contributed by atoms with van der Waals surface area (Å²) in [5, 5.41) is 57.4. The monoisotopic (exact) mass is 2080 g/mol. The Labute approximate surface area is 854 Å². The van der Waals surface area contributed by atoms with E-state index in [4.69, 9.17) is 47.9 Å². The van der Waals surface area contributed by atoms with Crippen LogP contribution in [0.25, 0.3) is 44.6 Å². The number of nitrogens with one attached hydrogen (secondary N) is 12. The van der Waals surface area contributed by atoms with Crippen molar-refractivity contribution in [1.29, 1.82) is 0 Å². The Morgan fingerprint density at radius 3 is 1.33 bits per heavy atom. The number of hydrogen-bond donors (Lipinski definition) is 14. The van der Waals surface area contributed by atoms with Gasteiger partial charge in [0.25, 0.3) is 22.9 Å². The zero-order valence-electron chi connectivity index (χ0n) is 82.5. The number of imide groups is 1. The van der Waals surface area contributed by atoms with E-state index < -0.39 is 219 Å². The molecular formula is C102H114F2N18O28. The normalized spacial score (nSPS) is 17.3. The van der Waals surface area contributed by atoms with Gasteiger partial charge in [0.05, 0.1) is 168 Å². The van der Waals surface area contributed by atoms with Gasteiger partial charge in [0.2, 0.25) is 65.0 Å². The number of amides is 13. The second-order valence-electron chi connectivity index (χ2n) is 36.6. The number of pyridine rings is 4. The summed E-state index contributed by atoms with van der Waals surface area (Å²) in [6, 6.07) is 18.1. The molecule has 0 saturated carbocycles. The van der Waals surface area contributed by atoms with Gasteiger partial charge in [-0.1, -0.05) is 74.5 Å². The largest absolute Gasteiger partial charge is 0.458 e. The van der Waals surface area contributed by atoms with Crippen molar-refractivity contribution in [2.45, 2.75) is 153 Å². The molecule has 150 heavy (non-hydrogen) atoms. The lowest BCUT2D eigenvalue weighted by Gasteiger charge is -2.31. The maximum absolute atomic E-state index is 15.5. The van der Waals surface area contributed by atoms with Crippen molar-refractivity contribution in [2.75, 3.05) is 132 Å². The number of carbonyl (C=O) groups is 16. The predicted octanol–water partition coefficient (Wildman–Crippen LogP) is -1.75. The lowest BCUT2D eigenvalue weighted by atomic mass is 9.81. The molecule has 1 unspecified atom stereocenters. The highest BCUT2D eigenvalue weighted by atomic mass is 19.1. The van der Waals surface area contributed by atoms with Crippen molar-refractivity contribution >= 4 is 117 Å². The highest BCUT2D eigenvalue weighted by Gasteiger charge is 2.49. The van der Waals surface area contributed by atoms with Crippen LogP contribution in [0.2, 0.25) is 0 Å². The second-order valence-corrected chi connectivity index (χ2v) is 36.6. The third-order valence-corrected chi connectivity index (χ3v) is 26.9. The van der Waals surface area contributed by atoms with Gasteiger partial charge in [0, 0.05) is 89.7 Å². The van der Waals surface area contributed by atoms with E-state index >= 15 is 8.78 Å². The van der Waals surface area contributed by atoms with Gasteiger partial charge in [-0.3, -0.25) is 77.2 Å². The maximum Gasteiger partial charge on any atom is 0.343 e. The molecule has 15 rings (SSSR count). The molecule has 8 aromatic rings. The van der Waals surface area contributed by atoms with Crippen LogP contribution in [0.1, 0.15) is 136 Å². The van der Waals surface area contributed by atoms with Gasteiger partial charge in [-0.25, -0.2) is 38.4 Å². The summed E-state index contributed by atoms with van der Waals surface area (Å²) < 4.78 is 77.9. The van der Waals surface area contributed by atoms with Crippen molar-refractivity contribution in [3.8, 4) is 22.8 Å². The number of fused-ring (bicyclic) bond motifs is 10. The zero-order chi connectivity index (χ0) is 107. The molecule has 9 heterocycles. The summed E-state index contributed by atoms with van der Waals surface area (Å²) in [5.74, 6) is -11.7. The number of hydrazine groups is 1. The summed E-state index contributed by atoms with van der Waals surface area (Å²) in [6.07, 6.45) is 3.73. The third-order valence-electron chi connectivity index (χ3n) is 26.9. The van der Waals surface area contributed by atoms with Crippen LogP contribution in [0.4, 0.5) is 8.78 Å². The van der Waals surface area contributed by atoms with Gasteiger partial charge in [-0.15, -0.1) is 0 Å². The summed E-state index contributed by atoms with van der Waals surface area (Å²) >= 11 is 0. The van der Waals surface area contributed by atoms with E-state index in [0.717, 1.165) is 17.2 Å². The number of halogens is 2. The molecule has 48 heteroatoms. The van der Waals surface area contributed by atoms with Crippen molar-refractivity contribution in [2.24, 2.45) is 0 Å². The first kappa shape index (κ1) is 109. The standard InChI is InChI=1S/C102H114F2N18O28/c1-5-101(141)66-35-76-93-62(45-120(76)97(137)64(66)49-149-99(101)139)91-70(19-17-60-55(3)68(103)37-72(117-93)89(60)91)113-85(131)51-147-53-111-81(127)41-109-95(135)74(33-57-13-9-7-10-14-57)115-83(129)43-107-79(125)39-105-59(47-123)48-146-32-31-145-28-25-119(122-87(133)21-22-88(122)134)24-27-144-30-29-143-26-23-78(124)106-40-80(126)108-44-84(130)116-75(34-58-15-11-8-12-16-58)96(136)110-42-82(128)112-54-148-52-86(132)114-71-20-18-61-56(4)69(104)38-73-90(61)92(71)63-46-121-77(94(63)118-73)36-67-65(98(121)138)50-150-100(140)102(67,142)6-2/h7-16,21-22,35-38,47,59,70-71,74-75,105,141-142H,5-6,17-20,23-34,39-46,48-54H2,1-4H3,(H,106,124)(H,107,125)(H,108,126)(H,109,135)(H,110,136)(H,111,127)(H,112,128)(H,113,131)(H,114,132)(H,115,129)(H,116,130)/t59?,70-,71-,74-,75-,101-,102-/m0/s1. The molecule has 0 fully saturated rings. The molecule has 7 atom stereocenters. The molecular weight excluding hydrogens is 1960 g/mol. The summed E-state index contributed by atoms with van der Waals surface area (Å²) in [4.78, 5) is 246. The van der Waals surface area contributed by atoms with E-state index in [0.29, 0.717) is 121 Å². The van der Waals surface area contributed by atoms with E-state index in [9.17, 15) is 96.5 Å². The third kappa shape index (κ3) is 25.1. The number of benzene rings is 4. The number of nitrogens with zero attached hydrogens (tertiary/aromatic N) is 6. The van der Waals surface area contributed by atoms with Crippen molar-refractivity contribution in [3.05, 3.63) is 207 Å². The van der Waals surface area contributed by atoms with Crippen LogP contribution in [-0.4, -0.2) is 284 Å². The Morgan fingerprint density at radius 1 is 0.487 bits per heavy atom. The lowest BCUT2D eigenvalue weighted by molar-refractivity contribution is -0.172. The second kappa shape index (κ2) is 49.2. The van der Waals surface area contributed by atoms with Crippen molar-refractivity contribution < 1.29 is 134 Å². The molecule has 794 valence electrons. The van der Waals surface area contributed by atoms with Gasteiger partial charge >= 0.3 is 11.9 Å². The fourth-order valence-electron chi connectivity index (χ4n) is 19.1. The topological polar surface area (TPSA) is 608 Å². The van der Waals surface area contributed by atoms with E-state index in [1.54, 1.807) is 100 Å². The Morgan fingerprint density at radius 2 is 0.893 bits per heavy atom. The number of aromatic nitrogens is 4. The fourth-order valence-corrected chi connectivity index (χ4v) is 19.1. The molecule has 13 amide bonds. The van der Waals surface area contributed by atoms with Gasteiger partial charge in [0.1, 0.15) is 69.9 Å². The Hall–Kier alpha value is -15.3. The van der Waals surface area contributed by atoms with Gasteiger partial charge in [-0.05, 0) is 109 Å². The molecule has 0 spiro atoms. The number of aliphatic hydroxyl groups is 2. The molecule has 4 aromatic heterocycles. The van der Waals surface area contributed by atoms with Crippen molar-refractivity contribution in [3.63, 3.8) is 0 Å². The van der Waals surface area contributed by atoms with E-state index in [1.165, 1.54) is 26.3 Å². The minimum atomic E-state index is -2.09. The molecule has 0 radical (unpaired) electrons. The minimum absolute atomic E-state index is 0.00117. The Balaban J connectivity index is 0.412. The molecule has 2 aliphatic carbocycles. The molecule has 4 aromatic carbocycles. The number of hydrogen-bond acceptors (Lipinski definition) is 32. The minimum Gasteiger partial charge on any atom is -0.458 e. The molecule has 0 bridgehead atoms. The van der Waals surface area contributed by atoms with Gasteiger partial charge in [0.15, 0.2) is 11.2 Å². The van der Waals surface area contributed by atoms with Crippen LogP contribution in [0, 0.1) is 25.5 Å². The van der Waals surface area contributed by atoms with Gasteiger partial charge < -0.3 is 121 Å². The van der Waals surface area contributed by atoms with Crippen LogP contribution in [0.5, 0.6) is 0 Å². The zero-order valence-corrected chi connectivity index (χ0v) is 82.5. The first-order valence-corrected chi connectivity index (χ1v) is 48.9. The molecule has 0 saturated heterocycles. The predicted molar refractivity (Wildman–Crippen MR) is 522 cm³/mol. The number of ether oxygens (including phenoxy) is 8. The summed E-state index contributed by atoms with van der Waals surface area (Å²) in [6.45, 7) is 0.313. The number of esters is 2. The van der Waals surface area contributed by atoms with Gasteiger partial charge in [-0.2, -0.15) is 0 Å². The first-order valence-electron chi connectivity index (χ1n) is 48.9. The van der Waals surface area contributed by atoms with E-state index in [2.05, 4.69) is 63.8 Å². The molecule has 7 aliphatic rings. The van der Waals surface area contributed by atoms with Crippen molar-refractivity contribution in [1.82, 2.24) is 92.9 Å². The number of aryl methyl sites for hydroxylation is 2. The number of cyclic esters (lactones) is 2. The lowest BCUT2D eigenvalue weighted by Crippen LogP contribution is -2.52. The molecule has 14 N–H and O–H groups in total.